The van der Waals surface area contributed by atoms with Crippen LogP contribution in [0.5, 0.6) is 0 Å². The zero-order chi connectivity index (χ0) is 25.2. The molecule has 1 aromatic heterocycles. The van der Waals surface area contributed by atoms with Crippen LogP contribution in [0.25, 0.3) is 0 Å². The van der Waals surface area contributed by atoms with E-state index in [4.69, 9.17) is 5.10 Å². The molecule has 2 aromatic carbocycles. The van der Waals surface area contributed by atoms with Crippen LogP contribution in [0, 0.1) is 0 Å². The molecule has 0 spiro atoms. The lowest BCUT2D eigenvalue weighted by atomic mass is 9.92. The Bertz CT molecular complexity index is 1340. The standard InChI is InChI=1S/C25H29N5O4S/c1-25(2,3)21-15-22(30(28-21)16-18-8-5-4-6-9-18)27-24(32)19-10-7-11-20(14-19)35(33,34)29-13-12-26-23(31)17-29/h4-11,14-15H,12-13,16-17H2,1-3H3,(H,26,31)(H,27,32). The van der Waals surface area contributed by atoms with E-state index in [1.54, 1.807) is 10.7 Å². The number of nitrogens with one attached hydrogen (secondary N) is 2. The summed E-state index contributed by atoms with van der Waals surface area (Å²) in [5.74, 6) is -0.284. The Kier molecular flexibility index (Phi) is 6.77. The Balaban J connectivity index is 1.60. The highest BCUT2D eigenvalue weighted by molar-refractivity contribution is 7.89. The first kappa shape index (κ1) is 24.6. The van der Waals surface area contributed by atoms with Gasteiger partial charge in [-0.1, -0.05) is 57.2 Å². The number of anilines is 1. The molecule has 2 amide bonds. The van der Waals surface area contributed by atoms with Gasteiger partial charge in [0.2, 0.25) is 15.9 Å². The molecule has 0 bridgehead atoms. The molecule has 9 nitrogen and oxygen atoms in total. The van der Waals surface area contributed by atoms with E-state index in [1.807, 2.05) is 57.2 Å². The summed E-state index contributed by atoms with van der Waals surface area (Å²) < 4.78 is 28.9. The molecule has 3 aromatic rings. The molecule has 1 aliphatic rings. The molecule has 10 heteroatoms. The molecule has 35 heavy (non-hydrogen) atoms. The van der Waals surface area contributed by atoms with Crippen LogP contribution in [0.2, 0.25) is 0 Å². The number of carbonyl (C=O) groups is 2. The summed E-state index contributed by atoms with van der Waals surface area (Å²) >= 11 is 0. The van der Waals surface area contributed by atoms with Gasteiger partial charge in [-0.2, -0.15) is 9.40 Å². The number of piperazine rings is 1. The summed E-state index contributed by atoms with van der Waals surface area (Å²) in [6, 6.07) is 17.5. The second-order valence-electron chi connectivity index (χ2n) is 9.48. The zero-order valence-corrected chi connectivity index (χ0v) is 20.8. The first-order chi connectivity index (χ1) is 16.5. The number of aromatic nitrogens is 2. The van der Waals surface area contributed by atoms with E-state index in [-0.39, 0.29) is 41.4 Å². The quantitative estimate of drug-likeness (QED) is 0.546. The molecule has 0 radical (unpaired) electrons. The zero-order valence-electron chi connectivity index (χ0n) is 20.0. The van der Waals surface area contributed by atoms with Gasteiger partial charge in [0.25, 0.3) is 5.91 Å². The minimum atomic E-state index is -3.91. The highest BCUT2D eigenvalue weighted by atomic mass is 32.2. The highest BCUT2D eigenvalue weighted by Crippen LogP contribution is 2.25. The molecule has 2 N–H and O–H groups in total. The van der Waals surface area contributed by atoms with Crippen LogP contribution >= 0.6 is 0 Å². The van der Waals surface area contributed by atoms with Gasteiger partial charge in [-0.05, 0) is 23.8 Å². The third kappa shape index (κ3) is 5.60. The smallest absolute Gasteiger partial charge is 0.256 e. The normalized spacial score (nSPS) is 15.0. The number of rotatable bonds is 6. The first-order valence-electron chi connectivity index (χ1n) is 11.3. The van der Waals surface area contributed by atoms with Gasteiger partial charge >= 0.3 is 0 Å². The molecule has 0 atom stereocenters. The maximum absolute atomic E-state index is 13.2. The predicted octanol–water partition coefficient (Wildman–Crippen LogP) is 2.60. The summed E-state index contributed by atoms with van der Waals surface area (Å²) in [4.78, 5) is 24.8. The number of amides is 2. The molecule has 0 saturated carbocycles. The Morgan fingerprint density at radius 1 is 1.09 bits per heavy atom. The van der Waals surface area contributed by atoms with Gasteiger partial charge in [-0.3, -0.25) is 9.59 Å². The molecule has 1 aliphatic heterocycles. The van der Waals surface area contributed by atoms with Gasteiger partial charge in [0, 0.05) is 30.1 Å². The number of benzene rings is 2. The monoisotopic (exact) mass is 495 g/mol. The molecular weight excluding hydrogens is 466 g/mol. The largest absolute Gasteiger partial charge is 0.354 e. The van der Waals surface area contributed by atoms with Gasteiger partial charge in [0.1, 0.15) is 5.82 Å². The maximum atomic E-state index is 13.2. The van der Waals surface area contributed by atoms with E-state index in [9.17, 15) is 18.0 Å². The van der Waals surface area contributed by atoms with Crippen LogP contribution in [-0.4, -0.2) is 54.0 Å². The van der Waals surface area contributed by atoms with Crippen molar-refractivity contribution in [3.05, 3.63) is 77.5 Å². The lowest BCUT2D eigenvalue weighted by Gasteiger charge is -2.26. The highest BCUT2D eigenvalue weighted by Gasteiger charge is 2.30. The van der Waals surface area contributed by atoms with Crippen LogP contribution in [-0.2, 0) is 26.8 Å². The minimum absolute atomic E-state index is 0.0342. The SMILES string of the molecule is CC(C)(C)c1cc(NC(=O)c2cccc(S(=O)(=O)N3CCNC(=O)C3)c2)n(Cc2ccccc2)n1. The summed E-state index contributed by atoms with van der Waals surface area (Å²) in [5.41, 5.74) is 1.82. The Morgan fingerprint density at radius 3 is 2.51 bits per heavy atom. The van der Waals surface area contributed by atoms with Gasteiger partial charge in [-0.15, -0.1) is 0 Å². The van der Waals surface area contributed by atoms with Crippen molar-refractivity contribution in [1.29, 1.82) is 0 Å². The number of sulfonamides is 1. The summed E-state index contributed by atoms with van der Waals surface area (Å²) in [6.07, 6.45) is 0. The fraction of sp³-hybridized carbons (Fsp3) is 0.320. The molecule has 2 heterocycles. The maximum Gasteiger partial charge on any atom is 0.256 e. The first-order valence-corrected chi connectivity index (χ1v) is 12.8. The molecule has 184 valence electrons. The van der Waals surface area contributed by atoms with Gasteiger partial charge in [-0.25, -0.2) is 13.1 Å². The van der Waals surface area contributed by atoms with Crippen LogP contribution < -0.4 is 10.6 Å². The molecule has 0 aliphatic carbocycles. The fourth-order valence-corrected chi connectivity index (χ4v) is 5.16. The minimum Gasteiger partial charge on any atom is -0.354 e. The van der Waals surface area contributed by atoms with Crippen LogP contribution in [0.4, 0.5) is 5.82 Å². The molecule has 1 saturated heterocycles. The Morgan fingerprint density at radius 2 is 1.83 bits per heavy atom. The second kappa shape index (κ2) is 9.63. The van der Waals surface area contributed by atoms with Crippen molar-refractivity contribution >= 4 is 27.7 Å². The number of nitrogens with zero attached hydrogens (tertiary/aromatic N) is 3. The summed E-state index contributed by atoms with van der Waals surface area (Å²) in [5, 5.41) is 10.2. The number of hydrogen-bond acceptors (Lipinski definition) is 5. The summed E-state index contributed by atoms with van der Waals surface area (Å²) in [6.45, 7) is 6.79. The van der Waals surface area contributed by atoms with Crippen molar-refractivity contribution in [2.75, 3.05) is 25.0 Å². The Labute approximate surface area is 205 Å². The molecule has 1 fully saturated rings. The Hall–Kier alpha value is -3.50. The molecule has 4 rings (SSSR count). The predicted molar refractivity (Wildman–Crippen MR) is 133 cm³/mol. The molecular formula is C25H29N5O4S. The average Bonchev–Trinajstić information content (AvgIpc) is 3.22. The average molecular weight is 496 g/mol. The topological polar surface area (TPSA) is 113 Å². The number of carbonyl (C=O) groups excluding carboxylic acids is 2. The summed E-state index contributed by atoms with van der Waals surface area (Å²) in [7, 11) is -3.91. The van der Waals surface area contributed by atoms with E-state index in [0.29, 0.717) is 12.4 Å². The van der Waals surface area contributed by atoms with Crippen molar-refractivity contribution in [2.24, 2.45) is 0 Å². The lowest BCUT2D eigenvalue weighted by Crippen LogP contribution is -2.49. The van der Waals surface area contributed by atoms with Crippen molar-refractivity contribution in [3.63, 3.8) is 0 Å². The van der Waals surface area contributed by atoms with Crippen LogP contribution in [0.3, 0.4) is 0 Å². The molecule has 0 unspecified atom stereocenters. The van der Waals surface area contributed by atoms with Crippen LogP contribution in [0.1, 0.15) is 42.4 Å². The van der Waals surface area contributed by atoms with E-state index in [2.05, 4.69) is 10.6 Å². The third-order valence-corrected chi connectivity index (χ3v) is 7.54. The fourth-order valence-electron chi connectivity index (χ4n) is 3.72. The number of hydrogen-bond donors (Lipinski definition) is 2. The van der Waals surface area contributed by atoms with Gasteiger partial charge in [0.15, 0.2) is 0 Å². The van der Waals surface area contributed by atoms with Gasteiger partial charge < -0.3 is 10.6 Å². The van der Waals surface area contributed by atoms with Crippen LogP contribution in [0.15, 0.2) is 65.6 Å². The van der Waals surface area contributed by atoms with Gasteiger partial charge in [0.05, 0.1) is 23.7 Å². The van der Waals surface area contributed by atoms with Crippen molar-refractivity contribution in [1.82, 2.24) is 19.4 Å². The van der Waals surface area contributed by atoms with E-state index in [1.165, 1.54) is 18.2 Å². The second-order valence-corrected chi connectivity index (χ2v) is 11.4. The van der Waals surface area contributed by atoms with E-state index in [0.717, 1.165) is 15.6 Å². The van der Waals surface area contributed by atoms with Crippen molar-refractivity contribution in [3.8, 4) is 0 Å². The lowest BCUT2D eigenvalue weighted by molar-refractivity contribution is -0.122. The van der Waals surface area contributed by atoms with Crippen molar-refractivity contribution < 1.29 is 18.0 Å². The van der Waals surface area contributed by atoms with Crippen molar-refractivity contribution in [2.45, 2.75) is 37.6 Å². The van der Waals surface area contributed by atoms with E-state index >= 15 is 0 Å². The van der Waals surface area contributed by atoms with E-state index < -0.39 is 15.9 Å². The third-order valence-electron chi connectivity index (χ3n) is 5.70.